The molecule has 0 unspecified atom stereocenters. The standard InChI is InChI=1S/C21H26F3N3O2/c22-21(23,24)15-7-5-14(6-8-15)13-19(28)26-11-9-16(10-12-26)27-18-4-2-1-3-17(18)25-20(27)29/h1-4,14-16H,5-13H2,(H,25,29)/t14-,15+. The lowest BCUT2D eigenvalue weighted by molar-refractivity contribution is -0.184. The number of amides is 1. The summed E-state index contributed by atoms with van der Waals surface area (Å²) >= 11 is 0. The molecule has 29 heavy (non-hydrogen) atoms. The number of benzene rings is 1. The third kappa shape index (κ3) is 4.21. The highest BCUT2D eigenvalue weighted by Crippen LogP contribution is 2.40. The summed E-state index contributed by atoms with van der Waals surface area (Å²) in [4.78, 5) is 29.7. The molecule has 0 bridgehead atoms. The minimum absolute atomic E-state index is 0.0326. The molecule has 1 aliphatic carbocycles. The minimum atomic E-state index is -4.11. The molecule has 1 amide bonds. The van der Waals surface area contributed by atoms with Gasteiger partial charge < -0.3 is 9.88 Å². The smallest absolute Gasteiger partial charge is 0.343 e. The third-order valence-corrected chi connectivity index (χ3v) is 6.58. The van der Waals surface area contributed by atoms with Crippen molar-refractivity contribution < 1.29 is 18.0 Å². The van der Waals surface area contributed by atoms with Crippen molar-refractivity contribution in [3.05, 3.63) is 34.7 Å². The zero-order valence-electron chi connectivity index (χ0n) is 16.3. The number of alkyl halides is 3. The SMILES string of the molecule is O=C(C[C@H]1CC[C@@H](C(F)(F)F)CC1)N1CCC(n2c(=O)[nH]c3ccccc32)CC1. The number of carbonyl (C=O) groups excluding carboxylic acids is 1. The number of piperidine rings is 1. The van der Waals surface area contributed by atoms with Crippen LogP contribution in [0.4, 0.5) is 13.2 Å². The number of hydrogen-bond acceptors (Lipinski definition) is 2. The van der Waals surface area contributed by atoms with Gasteiger partial charge in [-0.1, -0.05) is 12.1 Å². The molecular formula is C21H26F3N3O2. The Balaban J connectivity index is 1.31. The number of para-hydroxylation sites is 2. The van der Waals surface area contributed by atoms with Crippen LogP contribution in [-0.4, -0.2) is 39.6 Å². The quantitative estimate of drug-likeness (QED) is 0.824. The molecule has 1 aromatic carbocycles. The number of hydrogen-bond donors (Lipinski definition) is 1. The van der Waals surface area contributed by atoms with Crippen LogP contribution in [0.1, 0.15) is 51.0 Å². The first kappa shape index (κ1) is 20.0. The molecule has 2 fully saturated rings. The van der Waals surface area contributed by atoms with Crippen molar-refractivity contribution in [3.8, 4) is 0 Å². The molecule has 0 radical (unpaired) electrons. The van der Waals surface area contributed by atoms with E-state index in [0.29, 0.717) is 45.2 Å². The van der Waals surface area contributed by atoms with E-state index in [1.165, 1.54) is 0 Å². The summed E-state index contributed by atoms with van der Waals surface area (Å²) in [5.41, 5.74) is 1.56. The maximum Gasteiger partial charge on any atom is 0.391 e. The van der Waals surface area contributed by atoms with Crippen LogP contribution in [0.15, 0.2) is 29.1 Å². The van der Waals surface area contributed by atoms with Gasteiger partial charge in [0.2, 0.25) is 5.91 Å². The lowest BCUT2D eigenvalue weighted by Crippen LogP contribution is -2.41. The Bertz CT molecular complexity index is 917. The molecule has 1 aromatic heterocycles. The average Bonchev–Trinajstić information content (AvgIpc) is 3.03. The van der Waals surface area contributed by atoms with Crippen molar-refractivity contribution in [2.45, 2.75) is 57.2 Å². The van der Waals surface area contributed by atoms with Crippen molar-refractivity contribution in [1.82, 2.24) is 14.5 Å². The van der Waals surface area contributed by atoms with Crippen molar-refractivity contribution >= 4 is 16.9 Å². The number of halogens is 3. The Morgan fingerprint density at radius 3 is 2.34 bits per heavy atom. The van der Waals surface area contributed by atoms with E-state index in [-0.39, 0.29) is 36.4 Å². The molecule has 2 heterocycles. The van der Waals surface area contributed by atoms with Gasteiger partial charge in [-0.15, -0.1) is 0 Å². The van der Waals surface area contributed by atoms with E-state index in [0.717, 1.165) is 11.0 Å². The van der Waals surface area contributed by atoms with Gasteiger partial charge in [0, 0.05) is 25.6 Å². The van der Waals surface area contributed by atoms with Crippen LogP contribution in [0, 0.1) is 11.8 Å². The van der Waals surface area contributed by atoms with Gasteiger partial charge in [-0.2, -0.15) is 13.2 Å². The van der Waals surface area contributed by atoms with Gasteiger partial charge in [-0.05, 0) is 56.6 Å². The molecular weight excluding hydrogens is 383 g/mol. The summed E-state index contributed by atoms with van der Waals surface area (Å²) in [5.74, 6) is -1.13. The Morgan fingerprint density at radius 2 is 1.69 bits per heavy atom. The predicted octanol–water partition coefficient (Wildman–Crippen LogP) is 4.25. The maximum atomic E-state index is 12.8. The topological polar surface area (TPSA) is 58.1 Å². The van der Waals surface area contributed by atoms with Crippen molar-refractivity contribution in [2.75, 3.05) is 13.1 Å². The molecule has 2 aromatic rings. The number of nitrogens with zero attached hydrogens (tertiary/aromatic N) is 2. The van der Waals surface area contributed by atoms with Crippen molar-refractivity contribution in [1.29, 1.82) is 0 Å². The number of nitrogens with one attached hydrogen (secondary N) is 1. The molecule has 8 heteroatoms. The largest absolute Gasteiger partial charge is 0.391 e. The molecule has 5 nitrogen and oxygen atoms in total. The molecule has 1 saturated carbocycles. The number of imidazole rings is 1. The number of H-pyrrole nitrogens is 1. The summed E-state index contributed by atoms with van der Waals surface area (Å²) in [7, 11) is 0. The summed E-state index contributed by atoms with van der Waals surface area (Å²) in [5, 5.41) is 0. The maximum absolute atomic E-state index is 12.8. The number of aromatic amines is 1. The van der Waals surface area contributed by atoms with Gasteiger partial charge in [-0.25, -0.2) is 4.79 Å². The molecule has 1 saturated heterocycles. The lowest BCUT2D eigenvalue weighted by atomic mass is 9.80. The molecule has 158 valence electrons. The fourth-order valence-electron chi connectivity index (χ4n) is 4.88. The number of aromatic nitrogens is 2. The number of fused-ring (bicyclic) bond motifs is 1. The molecule has 2 aliphatic rings. The normalized spacial score (nSPS) is 24.2. The van der Waals surface area contributed by atoms with E-state index >= 15 is 0 Å². The van der Waals surface area contributed by atoms with Gasteiger partial charge >= 0.3 is 11.9 Å². The van der Waals surface area contributed by atoms with Gasteiger partial charge in [-0.3, -0.25) is 9.36 Å². The van der Waals surface area contributed by atoms with E-state index in [4.69, 9.17) is 0 Å². The lowest BCUT2D eigenvalue weighted by Gasteiger charge is -2.35. The first-order valence-electron chi connectivity index (χ1n) is 10.4. The summed E-state index contributed by atoms with van der Waals surface area (Å²) in [6.45, 7) is 1.15. The van der Waals surface area contributed by atoms with E-state index < -0.39 is 12.1 Å². The Kier molecular flexibility index (Phi) is 5.44. The highest BCUT2D eigenvalue weighted by Gasteiger charge is 2.41. The highest BCUT2D eigenvalue weighted by molar-refractivity contribution is 5.77. The molecule has 1 aliphatic heterocycles. The number of carbonyl (C=O) groups is 1. The third-order valence-electron chi connectivity index (χ3n) is 6.58. The molecule has 0 spiro atoms. The average molecular weight is 409 g/mol. The first-order chi connectivity index (χ1) is 13.8. The zero-order chi connectivity index (χ0) is 20.6. The second-order valence-electron chi connectivity index (χ2n) is 8.39. The zero-order valence-corrected chi connectivity index (χ0v) is 16.3. The van der Waals surface area contributed by atoms with E-state index in [1.807, 2.05) is 29.2 Å². The van der Waals surface area contributed by atoms with Crippen molar-refractivity contribution in [2.24, 2.45) is 11.8 Å². The summed E-state index contributed by atoms with van der Waals surface area (Å²) < 4.78 is 40.2. The summed E-state index contributed by atoms with van der Waals surface area (Å²) in [6.07, 6.45) is -1.17. The second-order valence-corrected chi connectivity index (χ2v) is 8.39. The second kappa shape index (κ2) is 7.88. The van der Waals surface area contributed by atoms with E-state index in [1.54, 1.807) is 4.57 Å². The van der Waals surface area contributed by atoms with Crippen LogP contribution in [-0.2, 0) is 4.79 Å². The predicted molar refractivity (Wildman–Crippen MR) is 104 cm³/mol. The van der Waals surface area contributed by atoms with Crippen LogP contribution >= 0.6 is 0 Å². The summed E-state index contributed by atoms with van der Waals surface area (Å²) in [6, 6.07) is 7.62. The van der Waals surface area contributed by atoms with Gasteiger partial charge in [0.25, 0.3) is 0 Å². The number of rotatable bonds is 3. The van der Waals surface area contributed by atoms with E-state index in [2.05, 4.69) is 4.98 Å². The fraction of sp³-hybridized carbons (Fsp3) is 0.619. The Labute approximate surface area is 166 Å². The monoisotopic (exact) mass is 409 g/mol. The highest BCUT2D eigenvalue weighted by atomic mass is 19.4. The van der Waals surface area contributed by atoms with E-state index in [9.17, 15) is 22.8 Å². The van der Waals surface area contributed by atoms with Crippen LogP contribution in [0.25, 0.3) is 11.0 Å². The van der Waals surface area contributed by atoms with Gasteiger partial charge in [0.1, 0.15) is 0 Å². The molecule has 0 atom stereocenters. The number of likely N-dealkylation sites (tertiary alicyclic amines) is 1. The van der Waals surface area contributed by atoms with Gasteiger partial charge in [0.05, 0.1) is 17.0 Å². The van der Waals surface area contributed by atoms with Crippen LogP contribution in [0.2, 0.25) is 0 Å². The van der Waals surface area contributed by atoms with Crippen LogP contribution in [0.3, 0.4) is 0 Å². The Morgan fingerprint density at radius 1 is 1.03 bits per heavy atom. The molecule has 1 N–H and O–H groups in total. The van der Waals surface area contributed by atoms with Crippen LogP contribution in [0.5, 0.6) is 0 Å². The Hall–Kier alpha value is -2.25. The first-order valence-corrected chi connectivity index (χ1v) is 10.4. The van der Waals surface area contributed by atoms with Gasteiger partial charge in [0.15, 0.2) is 0 Å². The van der Waals surface area contributed by atoms with Crippen LogP contribution < -0.4 is 5.69 Å². The molecule has 4 rings (SSSR count). The van der Waals surface area contributed by atoms with Crippen molar-refractivity contribution in [3.63, 3.8) is 0 Å². The minimum Gasteiger partial charge on any atom is -0.343 e. The fourth-order valence-corrected chi connectivity index (χ4v) is 4.88.